The molecule has 0 fully saturated rings. The van der Waals surface area contributed by atoms with E-state index in [9.17, 15) is 24.1 Å². The third-order valence-corrected chi connectivity index (χ3v) is 5.03. The quantitative estimate of drug-likeness (QED) is 0.394. The molecule has 172 valence electrons. The highest BCUT2D eigenvalue weighted by Gasteiger charge is 2.26. The molecule has 1 heterocycles. The second-order valence-corrected chi connectivity index (χ2v) is 7.82. The molecule has 0 radical (unpaired) electrons. The third-order valence-electron chi connectivity index (χ3n) is 4.71. The lowest BCUT2D eigenvalue weighted by Gasteiger charge is -2.22. The number of aromatic nitrogens is 4. The zero-order valence-electron chi connectivity index (χ0n) is 17.7. The minimum Gasteiger partial charge on any atom is -0.340 e. The van der Waals surface area contributed by atoms with Crippen LogP contribution in [0.15, 0.2) is 36.4 Å². The highest BCUT2D eigenvalue weighted by Crippen LogP contribution is 2.25. The fraction of sp³-hybridized carbons (Fsp3) is 0.250. The molecule has 0 aliphatic carbocycles. The first-order valence-corrected chi connectivity index (χ1v) is 10.1. The summed E-state index contributed by atoms with van der Waals surface area (Å²) in [5.41, 5.74) is -0.156. The molecular formula is C20H19ClFN7O4. The van der Waals surface area contributed by atoms with Crippen LogP contribution in [0.4, 0.5) is 15.8 Å². The summed E-state index contributed by atoms with van der Waals surface area (Å²) in [4.78, 5) is 35.9. The van der Waals surface area contributed by atoms with Gasteiger partial charge in [-0.15, -0.1) is 5.10 Å². The number of anilines is 1. The molecule has 0 aliphatic rings. The second-order valence-electron chi connectivity index (χ2n) is 7.41. The molecule has 2 amide bonds. The Bertz CT molecular complexity index is 1230. The Hall–Kier alpha value is -3.93. The average molecular weight is 476 g/mol. The number of rotatable bonds is 7. The normalized spacial score (nSPS) is 11.8. The SMILES string of the molecule is Cc1nnnn1-c1cc(NC(=O)C(NC(=O)c2ccc(Cl)c([N+](=O)[O-])c2)C(C)C)ccc1F. The summed E-state index contributed by atoms with van der Waals surface area (Å²) in [5, 5.41) is 27.1. The van der Waals surface area contributed by atoms with Crippen molar-refractivity contribution in [2.75, 3.05) is 5.32 Å². The van der Waals surface area contributed by atoms with Gasteiger partial charge in [-0.2, -0.15) is 4.68 Å². The van der Waals surface area contributed by atoms with Gasteiger partial charge < -0.3 is 10.6 Å². The van der Waals surface area contributed by atoms with Gasteiger partial charge in [-0.3, -0.25) is 19.7 Å². The maximum Gasteiger partial charge on any atom is 0.288 e. The van der Waals surface area contributed by atoms with Gasteiger partial charge in [0, 0.05) is 17.3 Å². The zero-order valence-corrected chi connectivity index (χ0v) is 18.5. The minimum atomic E-state index is -0.990. The Labute approximate surface area is 192 Å². The van der Waals surface area contributed by atoms with Crippen molar-refractivity contribution in [1.82, 2.24) is 25.5 Å². The van der Waals surface area contributed by atoms with E-state index < -0.39 is 34.3 Å². The van der Waals surface area contributed by atoms with Crippen molar-refractivity contribution in [2.45, 2.75) is 26.8 Å². The molecule has 1 atom stereocenters. The van der Waals surface area contributed by atoms with Crippen LogP contribution in [0.1, 0.15) is 30.0 Å². The molecule has 3 aromatic rings. The topological polar surface area (TPSA) is 145 Å². The first kappa shape index (κ1) is 23.7. The number of benzene rings is 2. The molecule has 0 saturated heterocycles. The van der Waals surface area contributed by atoms with Crippen molar-refractivity contribution in [2.24, 2.45) is 5.92 Å². The molecule has 2 N–H and O–H groups in total. The van der Waals surface area contributed by atoms with Gasteiger partial charge in [0.15, 0.2) is 5.82 Å². The number of nitrogens with one attached hydrogen (secondary N) is 2. The number of nitro groups is 1. The summed E-state index contributed by atoms with van der Waals surface area (Å²) in [7, 11) is 0. The van der Waals surface area contributed by atoms with Crippen LogP contribution in [0.2, 0.25) is 5.02 Å². The molecule has 13 heteroatoms. The maximum absolute atomic E-state index is 14.3. The Balaban J connectivity index is 1.80. The number of hydrogen-bond acceptors (Lipinski definition) is 7. The smallest absolute Gasteiger partial charge is 0.288 e. The van der Waals surface area contributed by atoms with Crippen LogP contribution >= 0.6 is 11.6 Å². The van der Waals surface area contributed by atoms with Gasteiger partial charge in [-0.1, -0.05) is 25.4 Å². The Morgan fingerprint density at radius 1 is 1.21 bits per heavy atom. The van der Waals surface area contributed by atoms with Crippen LogP contribution in [0, 0.1) is 28.8 Å². The van der Waals surface area contributed by atoms with E-state index in [2.05, 4.69) is 26.2 Å². The van der Waals surface area contributed by atoms with Crippen molar-refractivity contribution in [3.05, 3.63) is 68.7 Å². The van der Waals surface area contributed by atoms with Crippen molar-refractivity contribution in [3.63, 3.8) is 0 Å². The van der Waals surface area contributed by atoms with Crippen LogP contribution in [-0.2, 0) is 4.79 Å². The number of nitro benzene ring substituents is 1. The Morgan fingerprint density at radius 3 is 2.55 bits per heavy atom. The summed E-state index contributed by atoms with van der Waals surface area (Å²) >= 11 is 5.79. The lowest BCUT2D eigenvalue weighted by Crippen LogP contribution is -2.47. The number of hydrogen-bond donors (Lipinski definition) is 2. The van der Waals surface area contributed by atoms with E-state index in [4.69, 9.17) is 11.6 Å². The van der Waals surface area contributed by atoms with Crippen molar-refractivity contribution in [3.8, 4) is 5.69 Å². The van der Waals surface area contributed by atoms with E-state index in [0.29, 0.717) is 5.82 Å². The van der Waals surface area contributed by atoms with E-state index in [0.717, 1.165) is 12.1 Å². The van der Waals surface area contributed by atoms with E-state index >= 15 is 0 Å². The van der Waals surface area contributed by atoms with Gasteiger partial charge in [-0.25, -0.2) is 4.39 Å². The minimum absolute atomic E-state index is 0.0252. The maximum atomic E-state index is 14.3. The van der Waals surface area contributed by atoms with Crippen LogP contribution in [-0.4, -0.2) is 43.0 Å². The van der Waals surface area contributed by atoms with E-state index in [1.165, 1.54) is 28.9 Å². The summed E-state index contributed by atoms with van der Waals surface area (Å²) < 4.78 is 15.5. The molecule has 2 aromatic carbocycles. The molecule has 33 heavy (non-hydrogen) atoms. The van der Waals surface area contributed by atoms with Gasteiger partial charge in [0.2, 0.25) is 5.91 Å². The highest BCUT2D eigenvalue weighted by molar-refractivity contribution is 6.32. The van der Waals surface area contributed by atoms with Crippen molar-refractivity contribution < 1.29 is 18.9 Å². The van der Waals surface area contributed by atoms with Crippen LogP contribution < -0.4 is 10.6 Å². The van der Waals surface area contributed by atoms with E-state index in [1.807, 2.05) is 0 Å². The number of halogens is 2. The van der Waals surface area contributed by atoms with Crippen LogP contribution in [0.25, 0.3) is 5.69 Å². The molecule has 0 saturated carbocycles. The zero-order chi connectivity index (χ0) is 24.3. The first-order chi connectivity index (χ1) is 15.6. The predicted octanol–water partition coefficient (Wildman–Crippen LogP) is 3.06. The first-order valence-electron chi connectivity index (χ1n) is 9.69. The van der Waals surface area contributed by atoms with E-state index in [-0.39, 0.29) is 27.9 Å². The molecular weight excluding hydrogens is 457 g/mol. The van der Waals surface area contributed by atoms with Gasteiger partial charge >= 0.3 is 0 Å². The molecule has 3 rings (SSSR count). The number of tetrazole rings is 1. The third kappa shape index (κ3) is 5.29. The number of carbonyl (C=O) groups excluding carboxylic acids is 2. The number of amides is 2. The summed E-state index contributed by atoms with van der Waals surface area (Å²) in [6, 6.07) is 6.47. The molecule has 1 unspecified atom stereocenters. The van der Waals surface area contributed by atoms with Crippen LogP contribution in [0.3, 0.4) is 0 Å². The lowest BCUT2D eigenvalue weighted by molar-refractivity contribution is -0.384. The Morgan fingerprint density at radius 2 is 1.94 bits per heavy atom. The molecule has 1 aromatic heterocycles. The summed E-state index contributed by atoms with van der Waals surface area (Å²) in [5.74, 6) is -1.83. The summed E-state index contributed by atoms with van der Waals surface area (Å²) in [6.07, 6.45) is 0. The lowest BCUT2D eigenvalue weighted by atomic mass is 10.0. The number of aryl methyl sites for hydroxylation is 1. The van der Waals surface area contributed by atoms with Gasteiger partial charge in [0.25, 0.3) is 11.6 Å². The molecule has 11 nitrogen and oxygen atoms in total. The molecule has 0 bridgehead atoms. The van der Waals surface area contributed by atoms with Crippen molar-refractivity contribution in [1.29, 1.82) is 0 Å². The number of carbonyl (C=O) groups is 2. The largest absolute Gasteiger partial charge is 0.340 e. The number of nitrogens with zero attached hydrogens (tertiary/aromatic N) is 5. The Kier molecular flexibility index (Phi) is 6.97. The average Bonchev–Trinajstić information content (AvgIpc) is 3.18. The van der Waals surface area contributed by atoms with Gasteiger partial charge in [-0.05, 0) is 53.6 Å². The second kappa shape index (κ2) is 9.69. The monoisotopic (exact) mass is 475 g/mol. The van der Waals surface area contributed by atoms with Crippen LogP contribution in [0.5, 0.6) is 0 Å². The van der Waals surface area contributed by atoms with Crippen molar-refractivity contribution >= 4 is 34.8 Å². The molecule has 0 spiro atoms. The fourth-order valence-corrected chi connectivity index (χ4v) is 3.17. The van der Waals surface area contributed by atoms with Gasteiger partial charge in [0.05, 0.1) is 4.92 Å². The molecule has 0 aliphatic heterocycles. The van der Waals surface area contributed by atoms with E-state index in [1.54, 1.807) is 20.8 Å². The summed E-state index contributed by atoms with van der Waals surface area (Å²) in [6.45, 7) is 5.03. The predicted molar refractivity (Wildman–Crippen MR) is 117 cm³/mol. The fourth-order valence-electron chi connectivity index (χ4n) is 2.98. The van der Waals surface area contributed by atoms with Gasteiger partial charge in [0.1, 0.15) is 22.6 Å². The highest BCUT2D eigenvalue weighted by atomic mass is 35.5. The standard InChI is InChI=1S/C20H19ClFN7O4/c1-10(2)18(24-19(30)12-4-6-14(21)16(8-12)29(32)33)20(31)23-13-5-7-15(22)17(9-13)28-11(3)25-26-27-28/h4-10,18H,1-3H3,(H,23,31)(H,24,30).